The third kappa shape index (κ3) is 1.52. The molecule has 5 nitrogen and oxygen atoms in total. The minimum absolute atomic E-state index is 0.0667. The number of nitriles is 1. The van der Waals surface area contributed by atoms with Gasteiger partial charge in [-0.25, -0.2) is 13.1 Å². The zero-order valence-corrected chi connectivity index (χ0v) is 8.71. The molecule has 2 N–H and O–H groups in total. The zero-order chi connectivity index (χ0) is 10.3. The fourth-order valence-corrected chi connectivity index (χ4v) is 3.03. The second-order valence-corrected chi connectivity index (χ2v) is 5.98. The van der Waals surface area contributed by atoms with Gasteiger partial charge in [-0.15, -0.1) is 0 Å². The summed E-state index contributed by atoms with van der Waals surface area (Å²) in [6.45, 7) is 3.18. The van der Waals surface area contributed by atoms with E-state index >= 15 is 0 Å². The first-order valence-electron chi connectivity index (χ1n) is 4.68. The lowest BCUT2D eigenvalue weighted by atomic mass is 10.4. The molecule has 0 bridgehead atoms. The first-order chi connectivity index (χ1) is 6.56. The first-order valence-corrected chi connectivity index (χ1v) is 6.22. The number of nitrogens with zero attached hydrogens (tertiary/aromatic N) is 1. The lowest BCUT2D eigenvalue weighted by Crippen LogP contribution is -2.37. The highest BCUT2D eigenvalue weighted by atomic mass is 32.2. The van der Waals surface area contributed by atoms with Gasteiger partial charge in [0.05, 0.1) is 6.07 Å². The Balaban J connectivity index is 1.96. The quantitative estimate of drug-likeness (QED) is 0.635. The molecule has 14 heavy (non-hydrogen) atoms. The van der Waals surface area contributed by atoms with Crippen molar-refractivity contribution < 1.29 is 8.42 Å². The maximum atomic E-state index is 11.5. The Bertz CT molecular complexity index is 363. The van der Waals surface area contributed by atoms with Crippen LogP contribution in [0.15, 0.2) is 0 Å². The van der Waals surface area contributed by atoms with E-state index in [0.717, 1.165) is 13.1 Å². The second-order valence-electron chi connectivity index (χ2n) is 3.95. The Morgan fingerprint density at radius 2 is 2.07 bits per heavy atom. The molecule has 0 aromatic carbocycles. The highest BCUT2D eigenvalue weighted by Crippen LogP contribution is 2.42. The highest BCUT2D eigenvalue weighted by molar-refractivity contribution is 7.90. The number of fused-ring (bicyclic) bond motifs is 1. The van der Waals surface area contributed by atoms with Gasteiger partial charge in [-0.05, 0) is 31.8 Å². The molecule has 3 atom stereocenters. The van der Waals surface area contributed by atoms with E-state index in [-0.39, 0.29) is 6.04 Å². The number of nitrogens with one attached hydrogen (secondary N) is 2. The third-order valence-electron chi connectivity index (χ3n) is 3.04. The Hall–Kier alpha value is -0.640. The summed E-state index contributed by atoms with van der Waals surface area (Å²) in [6, 6.07) is 1.80. The molecule has 0 aromatic heterocycles. The van der Waals surface area contributed by atoms with Gasteiger partial charge in [-0.3, -0.25) is 0 Å². The average molecular weight is 215 g/mol. The number of rotatable bonds is 3. The molecular formula is C8H13N3O2S. The van der Waals surface area contributed by atoms with Crippen LogP contribution in [0.4, 0.5) is 0 Å². The van der Waals surface area contributed by atoms with Crippen LogP contribution in [0, 0.1) is 23.2 Å². The number of sulfonamides is 1. The molecule has 1 heterocycles. The number of hydrogen-bond acceptors (Lipinski definition) is 4. The number of piperidine rings is 1. The number of hydrogen-bond donors (Lipinski definition) is 2. The smallest absolute Gasteiger partial charge is 0.227 e. The van der Waals surface area contributed by atoms with Crippen molar-refractivity contribution >= 4 is 10.0 Å². The van der Waals surface area contributed by atoms with Crippen molar-refractivity contribution in [2.75, 3.05) is 13.1 Å². The van der Waals surface area contributed by atoms with Crippen molar-refractivity contribution in [3.63, 3.8) is 0 Å². The fraction of sp³-hybridized carbons (Fsp3) is 0.875. The van der Waals surface area contributed by atoms with Crippen LogP contribution in [-0.2, 0) is 10.0 Å². The van der Waals surface area contributed by atoms with Gasteiger partial charge in [-0.2, -0.15) is 5.26 Å². The molecule has 2 fully saturated rings. The molecule has 6 heteroatoms. The molecule has 0 radical (unpaired) electrons. The predicted octanol–water partition coefficient (Wildman–Crippen LogP) is -0.964. The van der Waals surface area contributed by atoms with Gasteiger partial charge >= 0.3 is 0 Å². The van der Waals surface area contributed by atoms with Crippen molar-refractivity contribution in [3.8, 4) is 6.07 Å². The molecule has 1 saturated carbocycles. The Kier molecular flexibility index (Phi) is 2.26. The van der Waals surface area contributed by atoms with E-state index in [2.05, 4.69) is 10.0 Å². The molecule has 2 rings (SSSR count). The van der Waals surface area contributed by atoms with Gasteiger partial charge in [0, 0.05) is 6.04 Å². The Morgan fingerprint density at radius 3 is 2.57 bits per heavy atom. The molecule has 78 valence electrons. The summed E-state index contributed by atoms with van der Waals surface area (Å²) in [4.78, 5) is 0. The monoisotopic (exact) mass is 215 g/mol. The minimum atomic E-state index is -3.43. The van der Waals surface area contributed by atoms with Gasteiger partial charge in [0.2, 0.25) is 10.0 Å². The van der Waals surface area contributed by atoms with Crippen LogP contribution in [0.3, 0.4) is 0 Å². The maximum Gasteiger partial charge on any atom is 0.227 e. The lowest BCUT2D eigenvalue weighted by Gasteiger charge is -2.09. The SMILES string of the molecule is CC(C#N)S(=O)(=O)NC1C2CNCC21. The molecule has 1 aliphatic heterocycles. The molecule has 1 saturated heterocycles. The predicted molar refractivity (Wildman–Crippen MR) is 50.8 cm³/mol. The van der Waals surface area contributed by atoms with Crippen LogP contribution in [0.25, 0.3) is 0 Å². The van der Waals surface area contributed by atoms with Crippen LogP contribution < -0.4 is 10.0 Å². The van der Waals surface area contributed by atoms with E-state index in [9.17, 15) is 8.42 Å². The molecule has 0 spiro atoms. The van der Waals surface area contributed by atoms with Gasteiger partial charge < -0.3 is 5.32 Å². The molecule has 0 aromatic rings. The van der Waals surface area contributed by atoms with E-state index in [1.54, 1.807) is 6.07 Å². The van der Waals surface area contributed by atoms with Gasteiger partial charge in [0.25, 0.3) is 0 Å². The summed E-state index contributed by atoms with van der Waals surface area (Å²) in [6.07, 6.45) is 0. The summed E-state index contributed by atoms with van der Waals surface area (Å²) in [5, 5.41) is 10.7. The normalized spacial score (nSPS) is 37.3. The first kappa shape index (κ1) is 9.90. The van der Waals surface area contributed by atoms with E-state index in [4.69, 9.17) is 5.26 Å². The molecule has 1 aliphatic carbocycles. The van der Waals surface area contributed by atoms with Crippen molar-refractivity contribution in [3.05, 3.63) is 0 Å². The Labute approximate surface area is 83.5 Å². The van der Waals surface area contributed by atoms with Crippen LogP contribution >= 0.6 is 0 Å². The minimum Gasteiger partial charge on any atom is -0.316 e. The third-order valence-corrected chi connectivity index (χ3v) is 4.68. The second kappa shape index (κ2) is 3.19. The fourth-order valence-electron chi connectivity index (χ4n) is 1.95. The summed E-state index contributed by atoms with van der Waals surface area (Å²) in [7, 11) is -3.43. The van der Waals surface area contributed by atoms with Gasteiger partial charge in [0.1, 0.15) is 0 Å². The molecular weight excluding hydrogens is 202 g/mol. The van der Waals surface area contributed by atoms with E-state index in [1.807, 2.05) is 0 Å². The standard InChI is InChI=1S/C8H13N3O2S/c1-5(2-9)14(12,13)11-8-6-3-10-4-7(6)8/h5-8,10-11H,3-4H2,1H3. The molecule has 0 amide bonds. The average Bonchev–Trinajstić information content (AvgIpc) is 2.64. The zero-order valence-electron chi connectivity index (χ0n) is 7.90. The lowest BCUT2D eigenvalue weighted by molar-refractivity contribution is 0.561. The van der Waals surface area contributed by atoms with Crippen molar-refractivity contribution in [2.45, 2.75) is 18.2 Å². The topological polar surface area (TPSA) is 82.0 Å². The largest absolute Gasteiger partial charge is 0.316 e. The Morgan fingerprint density at radius 1 is 1.50 bits per heavy atom. The van der Waals surface area contributed by atoms with Crippen LogP contribution in [0.1, 0.15) is 6.92 Å². The van der Waals surface area contributed by atoms with Crippen molar-refractivity contribution in [2.24, 2.45) is 11.8 Å². The summed E-state index contributed by atoms with van der Waals surface area (Å²) >= 11 is 0. The highest BCUT2D eigenvalue weighted by Gasteiger charge is 2.54. The summed E-state index contributed by atoms with van der Waals surface area (Å²) in [5.74, 6) is 0.881. The summed E-state index contributed by atoms with van der Waals surface area (Å²) in [5.41, 5.74) is 0. The van der Waals surface area contributed by atoms with E-state index < -0.39 is 15.3 Å². The van der Waals surface area contributed by atoms with Crippen LogP contribution in [0.2, 0.25) is 0 Å². The van der Waals surface area contributed by atoms with E-state index in [1.165, 1.54) is 6.92 Å². The van der Waals surface area contributed by atoms with Gasteiger partial charge in [-0.1, -0.05) is 0 Å². The van der Waals surface area contributed by atoms with Crippen molar-refractivity contribution in [1.29, 1.82) is 5.26 Å². The van der Waals surface area contributed by atoms with Crippen LogP contribution in [0.5, 0.6) is 0 Å². The molecule has 3 unspecified atom stereocenters. The summed E-state index contributed by atoms with van der Waals surface area (Å²) < 4.78 is 25.6. The van der Waals surface area contributed by atoms with Crippen molar-refractivity contribution in [1.82, 2.24) is 10.0 Å². The van der Waals surface area contributed by atoms with E-state index in [0.29, 0.717) is 11.8 Å². The molecule has 2 aliphatic rings. The maximum absolute atomic E-state index is 11.5. The van der Waals surface area contributed by atoms with Crippen LogP contribution in [-0.4, -0.2) is 32.8 Å². The van der Waals surface area contributed by atoms with Gasteiger partial charge in [0.15, 0.2) is 5.25 Å².